The Hall–Kier alpha value is -8.24. The van der Waals surface area contributed by atoms with Gasteiger partial charge in [-0.2, -0.15) is 26.3 Å². The summed E-state index contributed by atoms with van der Waals surface area (Å²) in [5.74, 6) is 0.494. The minimum atomic E-state index is -5.73. The van der Waals surface area contributed by atoms with Crippen LogP contribution >= 0.6 is 0 Å². The molecule has 0 aliphatic heterocycles. The van der Waals surface area contributed by atoms with Gasteiger partial charge in [-0.15, -0.1) is 0 Å². The van der Waals surface area contributed by atoms with Gasteiger partial charge in [-0.1, -0.05) is 127 Å². The lowest BCUT2D eigenvalue weighted by Gasteiger charge is -2.38. The number of aryl methyl sites for hydroxylation is 1. The quantitative estimate of drug-likeness (QED) is 0.128. The molecule has 0 saturated heterocycles. The molecule has 0 saturated carbocycles. The Morgan fingerprint density at radius 1 is 0.377 bits per heavy atom. The largest absolute Gasteiger partial charge is 0.497 e. The summed E-state index contributed by atoms with van der Waals surface area (Å²) in [5, 5.41) is 1.99. The third-order valence-corrected chi connectivity index (χ3v) is 12.5. The average molecular weight is 923 g/mol. The molecule has 10 rings (SSSR count). The number of pyridine rings is 2. The second-order valence-corrected chi connectivity index (χ2v) is 16.8. The smallest absolute Gasteiger partial charge is 0.411 e. The molecule has 10 aromatic rings. The van der Waals surface area contributed by atoms with Crippen molar-refractivity contribution in [2.24, 2.45) is 0 Å². The molecular formula is C59H40F6N2O2. The summed E-state index contributed by atoms with van der Waals surface area (Å²) in [6, 6.07) is 60.1. The second-order valence-electron chi connectivity index (χ2n) is 16.8. The standard InChI is InChI=1S/C59H40F6N2O2/c1-37-13-15-40(16-14-37)55-35-49(38-9-5-3-6-10-38)51-33-42(19-31-53(51)66-55)43-20-32-54-52(34-43)50(39-11-7-4-8-12-39)36-56(67-54)41-17-25-47(26-18-41)69-48-29-23-45(24-30-48)57(58(60,61)62,59(63,64)65)44-21-27-46(68-2)28-22-44/h3-36H,1-2H3. The molecule has 0 amide bonds. The van der Waals surface area contributed by atoms with E-state index in [-0.39, 0.29) is 11.5 Å². The van der Waals surface area contributed by atoms with E-state index in [0.29, 0.717) is 11.4 Å². The van der Waals surface area contributed by atoms with Gasteiger partial charge in [0, 0.05) is 21.9 Å². The van der Waals surface area contributed by atoms with Crippen LogP contribution in [-0.2, 0) is 5.41 Å². The van der Waals surface area contributed by atoms with E-state index in [9.17, 15) is 26.3 Å². The molecule has 0 N–H and O–H groups in total. The van der Waals surface area contributed by atoms with Gasteiger partial charge in [-0.05, 0) is 136 Å². The molecule has 10 heteroatoms. The summed E-state index contributed by atoms with van der Waals surface area (Å²) in [4.78, 5) is 10.2. The zero-order valence-corrected chi connectivity index (χ0v) is 37.1. The van der Waals surface area contributed by atoms with Gasteiger partial charge in [0.15, 0.2) is 0 Å². The Morgan fingerprint density at radius 2 is 0.754 bits per heavy atom. The van der Waals surface area contributed by atoms with Crippen molar-refractivity contribution in [2.75, 3.05) is 7.11 Å². The molecule has 2 aromatic heterocycles. The van der Waals surface area contributed by atoms with Crippen molar-refractivity contribution < 1.29 is 35.8 Å². The molecule has 2 heterocycles. The minimum absolute atomic E-state index is 0.0523. The summed E-state index contributed by atoms with van der Waals surface area (Å²) in [6.45, 7) is 2.07. The topological polar surface area (TPSA) is 44.2 Å². The van der Waals surface area contributed by atoms with Crippen LogP contribution in [0.25, 0.3) is 77.7 Å². The van der Waals surface area contributed by atoms with Crippen molar-refractivity contribution in [3.05, 3.63) is 223 Å². The van der Waals surface area contributed by atoms with Crippen molar-refractivity contribution in [1.82, 2.24) is 9.97 Å². The number of aromatic nitrogens is 2. The van der Waals surface area contributed by atoms with Crippen molar-refractivity contribution in [3.63, 3.8) is 0 Å². The van der Waals surface area contributed by atoms with E-state index in [1.54, 1.807) is 24.3 Å². The third-order valence-electron chi connectivity index (χ3n) is 12.5. The molecule has 4 nitrogen and oxygen atoms in total. The number of halogens is 6. The SMILES string of the molecule is COc1ccc(C(c2ccc(Oc3ccc(-c4cc(-c5ccccc5)c5cc(-c6ccc7nc(-c8ccc(C)cc8)cc(-c8ccccc8)c7c6)ccc5n4)cc3)cc2)(C(F)(F)F)C(F)(F)F)cc1. The van der Waals surface area contributed by atoms with Gasteiger partial charge in [0.25, 0.3) is 0 Å². The molecule has 340 valence electrons. The van der Waals surface area contributed by atoms with E-state index in [2.05, 4.69) is 91.9 Å². The lowest BCUT2D eigenvalue weighted by atomic mass is 9.73. The van der Waals surface area contributed by atoms with E-state index in [1.165, 1.54) is 12.7 Å². The van der Waals surface area contributed by atoms with Crippen molar-refractivity contribution in [2.45, 2.75) is 24.7 Å². The summed E-state index contributed by atoms with van der Waals surface area (Å²) < 4.78 is 99.3. The van der Waals surface area contributed by atoms with E-state index in [0.717, 1.165) is 121 Å². The monoisotopic (exact) mass is 922 g/mol. The number of ether oxygens (including phenoxy) is 2. The Bertz CT molecular complexity index is 3440. The normalized spacial score (nSPS) is 12.1. The van der Waals surface area contributed by atoms with Gasteiger partial charge < -0.3 is 9.47 Å². The predicted molar refractivity (Wildman–Crippen MR) is 261 cm³/mol. The number of methoxy groups -OCH3 is 1. The number of alkyl halides is 6. The Morgan fingerprint density at radius 3 is 1.16 bits per heavy atom. The molecule has 0 aliphatic rings. The van der Waals surface area contributed by atoms with Gasteiger partial charge in [0.2, 0.25) is 5.41 Å². The fourth-order valence-corrected chi connectivity index (χ4v) is 8.97. The van der Waals surface area contributed by atoms with E-state index in [4.69, 9.17) is 19.4 Å². The van der Waals surface area contributed by atoms with Gasteiger partial charge in [-0.25, -0.2) is 9.97 Å². The maximum atomic E-state index is 14.7. The average Bonchev–Trinajstić information content (AvgIpc) is 3.36. The van der Waals surface area contributed by atoms with Crippen molar-refractivity contribution in [3.8, 4) is 73.1 Å². The van der Waals surface area contributed by atoms with Gasteiger partial charge in [0.1, 0.15) is 17.2 Å². The highest BCUT2D eigenvalue weighted by Gasteiger charge is 2.72. The maximum Gasteiger partial charge on any atom is 0.411 e. The first kappa shape index (κ1) is 44.6. The fourth-order valence-electron chi connectivity index (χ4n) is 8.97. The molecule has 0 bridgehead atoms. The Labute approximate surface area is 394 Å². The van der Waals surface area contributed by atoms with E-state index >= 15 is 0 Å². The maximum absolute atomic E-state index is 14.7. The molecule has 0 fully saturated rings. The number of hydrogen-bond acceptors (Lipinski definition) is 4. The zero-order valence-electron chi connectivity index (χ0n) is 37.1. The molecule has 0 atom stereocenters. The zero-order chi connectivity index (χ0) is 47.9. The number of nitrogens with zero attached hydrogens (tertiary/aromatic N) is 2. The first-order chi connectivity index (χ1) is 33.3. The highest BCUT2D eigenvalue weighted by atomic mass is 19.4. The third kappa shape index (κ3) is 8.43. The lowest BCUT2D eigenvalue weighted by molar-refractivity contribution is -0.288. The summed E-state index contributed by atoms with van der Waals surface area (Å²) >= 11 is 0. The van der Waals surface area contributed by atoms with Crippen LogP contribution in [0.15, 0.2) is 206 Å². The van der Waals surface area contributed by atoms with Crippen LogP contribution in [0.2, 0.25) is 0 Å². The van der Waals surface area contributed by atoms with Gasteiger partial charge >= 0.3 is 12.4 Å². The minimum Gasteiger partial charge on any atom is -0.497 e. The highest BCUT2D eigenvalue weighted by Crippen LogP contribution is 2.56. The first-order valence-corrected chi connectivity index (χ1v) is 22.0. The fraction of sp³-hybridized carbons (Fsp3) is 0.0847. The Balaban J connectivity index is 0.971. The van der Waals surface area contributed by atoms with Crippen LogP contribution in [0.4, 0.5) is 26.3 Å². The van der Waals surface area contributed by atoms with E-state index in [1.807, 2.05) is 48.5 Å². The Kier molecular flexibility index (Phi) is 11.5. The van der Waals surface area contributed by atoms with Crippen LogP contribution < -0.4 is 9.47 Å². The van der Waals surface area contributed by atoms with Crippen LogP contribution in [0.1, 0.15) is 16.7 Å². The molecular weight excluding hydrogens is 883 g/mol. The van der Waals surface area contributed by atoms with Crippen LogP contribution in [-0.4, -0.2) is 29.4 Å². The van der Waals surface area contributed by atoms with Crippen LogP contribution in [0, 0.1) is 6.92 Å². The molecule has 69 heavy (non-hydrogen) atoms. The molecule has 0 radical (unpaired) electrons. The van der Waals surface area contributed by atoms with Crippen molar-refractivity contribution >= 4 is 21.8 Å². The van der Waals surface area contributed by atoms with Gasteiger partial charge in [0.05, 0.1) is 29.5 Å². The number of benzene rings is 8. The number of hydrogen-bond donors (Lipinski definition) is 0. The number of fused-ring (bicyclic) bond motifs is 2. The summed E-state index contributed by atoms with van der Waals surface area (Å²) in [5.41, 5.74) is 6.14. The molecule has 0 spiro atoms. The molecule has 0 unspecified atom stereocenters. The van der Waals surface area contributed by atoms with Gasteiger partial charge in [-0.3, -0.25) is 0 Å². The molecule has 0 aliphatic carbocycles. The summed E-state index contributed by atoms with van der Waals surface area (Å²) in [6.07, 6.45) is -11.5. The molecule has 8 aromatic carbocycles. The van der Waals surface area contributed by atoms with Crippen molar-refractivity contribution in [1.29, 1.82) is 0 Å². The van der Waals surface area contributed by atoms with E-state index < -0.39 is 28.9 Å². The van der Waals surface area contributed by atoms with Crippen LogP contribution in [0.3, 0.4) is 0 Å². The highest BCUT2D eigenvalue weighted by molar-refractivity contribution is 6.02. The number of rotatable bonds is 10. The second kappa shape index (κ2) is 17.8. The summed E-state index contributed by atoms with van der Waals surface area (Å²) in [7, 11) is 1.27. The van der Waals surface area contributed by atoms with Crippen LogP contribution in [0.5, 0.6) is 17.2 Å². The first-order valence-electron chi connectivity index (χ1n) is 22.0. The lowest BCUT2D eigenvalue weighted by Crippen LogP contribution is -2.54. The predicted octanol–water partition coefficient (Wildman–Crippen LogP) is 16.6.